The van der Waals surface area contributed by atoms with Crippen LogP contribution < -0.4 is 0 Å². The smallest absolute Gasteiger partial charge is 0.0714 e. The Bertz CT molecular complexity index is 594. The molecule has 0 radical (unpaired) electrons. The first-order valence-electron chi connectivity index (χ1n) is 13.0. The largest absolute Gasteiger partial charge is 0.390 e. The van der Waals surface area contributed by atoms with Gasteiger partial charge in [0.2, 0.25) is 0 Å². The van der Waals surface area contributed by atoms with Gasteiger partial charge in [-0.25, -0.2) is 0 Å². The van der Waals surface area contributed by atoms with Crippen molar-refractivity contribution in [2.75, 3.05) is 0 Å². The molecule has 4 fully saturated rings. The second-order valence-electron chi connectivity index (χ2n) is 13.0. The fourth-order valence-corrected chi connectivity index (χ4v) is 9.40. The highest BCUT2D eigenvalue weighted by Crippen LogP contribution is 2.69. The van der Waals surface area contributed by atoms with E-state index in [2.05, 4.69) is 20.8 Å². The van der Waals surface area contributed by atoms with E-state index in [-0.39, 0.29) is 0 Å². The van der Waals surface area contributed by atoms with Gasteiger partial charge >= 0.3 is 0 Å². The SMILES string of the molecule is C[C@H](CCCC(C)(C)O)[C@H]1CC[C@H]2C3(O)CCC4CCCC[C@]4(C)[C@H]3CC[C@]12C. The van der Waals surface area contributed by atoms with Gasteiger partial charge in [0.25, 0.3) is 0 Å². The van der Waals surface area contributed by atoms with E-state index in [0.717, 1.165) is 31.1 Å². The zero-order valence-electron chi connectivity index (χ0n) is 20.0. The summed E-state index contributed by atoms with van der Waals surface area (Å²) in [5.74, 6) is 3.36. The normalized spacial score (nSPS) is 48.5. The van der Waals surface area contributed by atoms with Crippen LogP contribution in [-0.4, -0.2) is 21.4 Å². The van der Waals surface area contributed by atoms with Gasteiger partial charge in [-0.1, -0.05) is 46.5 Å². The first-order chi connectivity index (χ1) is 13.5. The number of hydrogen-bond acceptors (Lipinski definition) is 2. The van der Waals surface area contributed by atoms with Crippen molar-refractivity contribution < 1.29 is 10.2 Å². The Balaban J connectivity index is 1.50. The van der Waals surface area contributed by atoms with E-state index in [4.69, 9.17) is 0 Å². The highest BCUT2D eigenvalue weighted by atomic mass is 16.3. The maximum atomic E-state index is 12.3. The molecule has 0 bridgehead atoms. The van der Waals surface area contributed by atoms with Gasteiger partial charge in [0, 0.05) is 0 Å². The highest BCUT2D eigenvalue weighted by Gasteiger charge is 2.66. The molecule has 8 atom stereocenters. The summed E-state index contributed by atoms with van der Waals surface area (Å²) in [5, 5.41) is 22.4. The van der Waals surface area contributed by atoms with Crippen LogP contribution in [0.4, 0.5) is 0 Å². The van der Waals surface area contributed by atoms with Crippen LogP contribution in [0, 0.1) is 40.4 Å². The molecule has 0 heterocycles. The summed E-state index contributed by atoms with van der Waals surface area (Å²) in [6, 6.07) is 0. The fraction of sp³-hybridized carbons (Fsp3) is 1.00. The quantitative estimate of drug-likeness (QED) is 0.533. The average molecular weight is 405 g/mol. The minimum Gasteiger partial charge on any atom is -0.390 e. The van der Waals surface area contributed by atoms with Crippen molar-refractivity contribution in [2.24, 2.45) is 40.4 Å². The Kier molecular flexibility index (Phi) is 5.73. The molecule has 4 aliphatic rings. The Labute approximate surface area is 180 Å². The van der Waals surface area contributed by atoms with E-state index < -0.39 is 11.2 Å². The summed E-state index contributed by atoms with van der Waals surface area (Å²) < 4.78 is 0. The van der Waals surface area contributed by atoms with Crippen LogP contribution >= 0.6 is 0 Å². The lowest BCUT2D eigenvalue weighted by atomic mass is 9.42. The van der Waals surface area contributed by atoms with Crippen LogP contribution in [0.2, 0.25) is 0 Å². The maximum absolute atomic E-state index is 12.3. The van der Waals surface area contributed by atoms with Crippen LogP contribution in [-0.2, 0) is 0 Å². The number of fused-ring (bicyclic) bond motifs is 5. The minimum absolute atomic E-state index is 0.317. The number of hydrogen-bond donors (Lipinski definition) is 2. The number of rotatable bonds is 5. The van der Waals surface area contributed by atoms with Crippen molar-refractivity contribution in [1.82, 2.24) is 0 Å². The van der Waals surface area contributed by atoms with E-state index in [1.807, 2.05) is 13.8 Å². The van der Waals surface area contributed by atoms with Gasteiger partial charge in [0.15, 0.2) is 0 Å². The van der Waals surface area contributed by atoms with Crippen molar-refractivity contribution >= 4 is 0 Å². The second kappa shape index (κ2) is 7.51. The lowest BCUT2D eigenvalue weighted by Crippen LogP contribution is -2.63. The topological polar surface area (TPSA) is 40.5 Å². The molecule has 4 rings (SSSR count). The maximum Gasteiger partial charge on any atom is 0.0714 e. The van der Waals surface area contributed by atoms with E-state index >= 15 is 0 Å². The third-order valence-corrected chi connectivity index (χ3v) is 10.9. The summed E-state index contributed by atoms with van der Waals surface area (Å²) in [5.41, 5.74) is -0.236. The molecule has 0 saturated heterocycles. The highest BCUT2D eigenvalue weighted by molar-refractivity contribution is 5.16. The molecular weight excluding hydrogens is 356 g/mol. The molecule has 4 saturated carbocycles. The monoisotopic (exact) mass is 404 g/mol. The Hall–Kier alpha value is -0.0800. The van der Waals surface area contributed by atoms with Crippen LogP contribution in [0.1, 0.15) is 118 Å². The van der Waals surface area contributed by atoms with Crippen molar-refractivity contribution in [3.05, 3.63) is 0 Å². The molecule has 0 aromatic heterocycles. The van der Waals surface area contributed by atoms with Gasteiger partial charge < -0.3 is 10.2 Å². The molecule has 2 nitrogen and oxygen atoms in total. The van der Waals surface area contributed by atoms with Gasteiger partial charge in [-0.05, 0) is 112 Å². The molecule has 0 aromatic rings. The predicted molar refractivity (Wildman–Crippen MR) is 121 cm³/mol. The van der Waals surface area contributed by atoms with Crippen molar-refractivity contribution in [1.29, 1.82) is 0 Å². The van der Waals surface area contributed by atoms with Gasteiger partial charge in [0.1, 0.15) is 0 Å². The minimum atomic E-state index is -0.539. The summed E-state index contributed by atoms with van der Waals surface area (Å²) in [7, 11) is 0. The molecular formula is C27H48O2. The molecule has 2 N–H and O–H groups in total. The summed E-state index contributed by atoms with van der Waals surface area (Å²) in [4.78, 5) is 0. The zero-order chi connectivity index (χ0) is 21.1. The number of aliphatic hydroxyl groups is 2. The van der Waals surface area contributed by atoms with Gasteiger partial charge in [0.05, 0.1) is 11.2 Å². The first-order valence-corrected chi connectivity index (χ1v) is 13.0. The van der Waals surface area contributed by atoms with Crippen molar-refractivity contribution in [3.63, 3.8) is 0 Å². The fourth-order valence-electron chi connectivity index (χ4n) is 9.40. The van der Waals surface area contributed by atoms with E-state index in [1.165, 1.54) is 64.2 Å². The molecule has 29 heavy (non-hydrogen) atoms. The molecule has 0 spiro atoms. The summed E-state index contributed by atoms with van der Waals surface area (Å²) in [6.07, 6.45) is 16.3. The van der Waals surface area contributed by atoms with Crippen LogP contribution in [0.25, 0.3) is 0 Å². The third kappa shape index (κ3) is 3.63. The van der Waals surface area contributed by atoms with Crippen molar-refractivity contribution in [3.8, 4) is 0 Å². The predicted octanol–water partition coefficient (Wildman–Crippen LogP) is 6.73. The van der Waals surface area contributed by atoms with E-state index in [1.54, 1.807) is 0 Å². The van der Waals surface area contributed by atoms with Crippen molar-refractivity contribution in [2.45, 2.75) is 129 Å². The molecule has 168 valence electrons. The first kappa shape index (κ1) is 22.1. The van der Waals surface area contributed by atoms with Gasteiger partial charge in [-0.2, -0.15) is 0 Å². The third-order valence-electron chi connectivity index (χ3n) is 10.9. The summed E-state index contributed by atoms with van der Waals surface area (Å²) >= 11 is 0. The molecule has 0 aromatic carbocycles. The lowest BCUT2D eigenvalue weighted by Gasteiger charge is -2.64. The van der Waals surface area contributed by atoms with Crippen LogP contribution in [0.5, 0.6) is 0 Å². The average Bonchev–Trinajstić information content (AvgIpc) is 2.98. The Morgan fingerprint density at radius 3 is 2.34 bits per heavy atom. The summed E-state index contributed by atoms with van der Waals surface area (Å²) in [6.45, 7) is 11.4. The van der Waals surface area contributed by atoms with E-state index in [0.29, 0.717) is 28.6 Å². The lowest BCUT2D eigenvalue weighted by molar-refractivity contribution is -0.222. The van der Waals surface area contributed by atoms with Crippen LogP contribution in [0.3, 0.4) is 0 Å². The zero-order valence-corrected chi connectivity index (χ0v) is 20.0. The van der Waals surface area contributed by atoms with Crippen LogP contribution in [0.15, 0.2) is 0 Å². The standard InChI is InChI=1S/C27H48O2/c1-19(9-8-15-24(2,3)28)21-11-12-22-26(21,5)17-14-23-25(4)16-7-6-10-20(25)13-18-27(22,23)29/h19-23,28-29H,6-18H2,1-5H3/t19-,20?,21-,22-,23-,25+,26-,27?/m1/s1. The molecule has 4 aliphatic carbocycles. The molecule has 0 amide bonds. The molecule has 2 heteroatoms. The van der Waals surface area contributed by atoms with Gasteiger partial charge in [-0.3, -0.25) is 0 Å². The molecule has 2 unspecified atom stereocenters. The second-order valence-corrected chi connectivity index (χ2v) is 13.0. The van der Waals surface area contributed by atoms with Gasteiger partial charge in [-0.15, -0.1) is 0 Å². The molecule has 0 aliphatic heterocycles. The van der Waals surface area contributed by atoms with E-state index in [9.17, 15) is 10.2 Å². The Morgan fingerprint density at radius 1 is 0.897 bits per heavy atom. The Morgan fingerprint density at radius 2 is 1.62 bits per heavy atom.